The van der Waals surface area contributed by atoms with E-state index >= 15 is 0 Å². The number of H-pyrrole nitrogens is 2. The molecule has 1 aliphatic carbocycles. The van der Waals surface area contributed by atoms with Gasteiger partial charge >= 0.3 is 5.69 Å². The van der Waals surface area contributed by atoms with Crippen LogP contribution in [0.25, 0.3) is 11.0 Å². The van der Waals surface area contributed by atoms with Crippen LogP contribution in [-0.4, -0.2) is 30.8 Å². The van der Waals surface area contributed by atoms with Crippen LogP contribution in [0.1, 0.15) is 48.9 Å². The average Bonchev–Trinajstić information content (AvgIpc) is 3.12. The van der Waals surface area contributed by atoms with Crippen molar-refractivity contribution in [2.45, 2.75) is 50.0 Å². The molecule has 0 spiro atoms. The summed E-state index contributed by atoms with van der Waals surface area (Å²) in [6, 6.07) is 10.4. The van der Waals surface area contributed by atoms with Gasteiger partial charge in [-0.15, -0.1) is 0 Å². The van der Waals surface area contributed by atoms with E-state index in [0.717, 1.165) is 36.8 Å². The van der Waals surface area contributed by atoms with Gasteiger partial charge in [0.2, 0.25) is 15.9 Å². The molecule has 1 heterocycles. The summed E-state index contributed by atoms with van der Waals surface area (Å²) < 4.78 is 27.7. The van der Waals surface area contributed by atoms with E-state index in [0.29, 0.717) is 11.0 Å². The molecule has 0 bridgehead atoms. The highest BCUT2D eigenvalue weighted by molar-refractivity contribution is 7.89. The van der Waals surface area contributed by atoms with Crippen LogP contribution in [0, 0.1) is 0 Å². The first-order valence-electron chi connectivity index (χ1n) is 10.4. The Morgan fingerprint density at radius 3 is 2.58 bits per heavy atom. The Morgan fingerprint density at radius 2 is 1.77 bits per heavy atom. The number of aromatic amines is 2. The van der Waals surface area contributed by atoms with E-state index < -0.39 is 10.0 Å². The third kappa shape index (κ3) is 4.88. The van der Waals surface area contributed by atoms with E-state index in [1.165, 1.54) is 5.56 Å². The second-order valence-corrected chi connectivity index (χ2v) is 9.73. The Labute approximate surface area is 180 Å². The van der Waals surface area contributed by atoms with Crippen molar-refractivity contribution in [3.63, 3.8) is 0 Å². The summed E-state index contributed by atoms with van der Waals surface area (Å²) >= 11 is 0. The molecule has 2 aromatic carbocycles. The van der Waals surface area contributed by atoms with Crippen molar-refractivity contribution < 1.29 is 13.2 Å². The number of fused-ring (bicyclic) bond motifs is 2. The fourth-order valence-electron chi connectivity index (χ4n) is 3.98. The van der Waals surface area contributed by atoms with Crippen molar-refractivity contribution in [2.75, 3.05) is 6.54 Å². The van der Waals surface area contributed by atoms with Gasteiger partial charge in [0.05, 0.1) is 22.0 Å². The smallest absolute Gasteiger partial charge is 0.323 e. The van der Waals surface area contributed by atoms with Crippen molar-refractivity contribution in [3.05, 3.63) is 63.6 Å². The van der Waals surface area contributed by atoms with Crippen LogP contribution in [-0.2, 0) is 27.7 Å². The van der Waals surface area contributed by atoms with Crippen molar-refractivity contribution in [1.29, 1.82) is 0 Å². The van der Waals surface area contributed by atoms with E-state index in [4.69, 9.17) is 0 Å². The molecule has 0 fully saturated rings. The normalized spacial score (nSPS) is 14.9. The predicted octanol–water partition coefficient (Wildman–Crippen LogP) is 2.28. The SMILES string of the molecule is CC(NC(=O)CCNS(=O)(=O)c1ccc2c(c1)CCCC2)c1ccc2[nH]c(=O)[nH]c2c1. The largest absolute Gasteiger partial charge is 0.350 e. The first-order valence-corrected chi connectivity index (χ1v) is 11.9. The zero-order valence-electron chi connectivity index (χ0n) is 17.3. The fraction of sp³-hybridized carbons (Fsp3) is 0.364. The summed E-state index contributed by atoms with van der Waals surface area (Å²) in [5.74, 6) is -0.261. The monoisotopic (exact) mass is 442 g/mol. The van der Waals surface area contributed by atoms with Gasteiger partial charge in [-0.2, -0.15) is 0 Å². The molecule has 0 radical (unpaired) electrons. The minimum atomic E-state index is -3.66. The van der Waals surface area contributed by atoms with E-state index in [9.17, 15) is 18.0 Å². The molecule has 0 saturated heterocycles. The molecule has 9 heteroatoms. The van der Waals surface area contributed by atoms with Gasteiger partial charge in [-0.25, -0.2) is 17.9 Å². The lowest BCUT2D eigenvalue weighted by Gasteiger charge is -2.17. The highest BCUT2D eigenvalue weighted by Crippen LogP contribution is 2.24. The van der Waals surface area contributed by atoms with Crippen molar-refractivity contribution >= 4 is 27.0 Å². The number of aromatic nitrogens is 2. The second-order valence-electron chi connectivity index (χ2n) is 7.96. The first kappa shape index (κ1) is 21.3. The third-order valence-corrected chi connectivity index (χ3v) is 7.15. The molecule has 3 aromatic rings. The zero-order valence-corrected chi connectivity index (χ0v) is 18.1. The molecular weight excluding hydrogens is 416 g/mol. The van der Waals surface area contributed by atoms with Gasteiger partial charge in [0.15, 0.2) is 0 Å². The van der Waals surface area contributed by atoms with Crippen molar-refractivity contribution in [3.8, 4) is 0 Å². The van der Waals surface area contributed by atoms with E-state index in [1.807, 2.05) is 19.1 Å². The summed E-state index contributed by atoms with van der Waals surface area (Å²) in [7, 11) is -3.66. The topological polar surface area (TPSA) is 124 Å². The maximum atomic E-state index is 12.6. The van der Waals surface area contributed by atoms with Crippen LogP contribution in [0.3, 0.4) is 0 Å². The van der Waals surface area contributed by atoms with Crippen molar-refractivity contribution in [2.24, 2.45) is 0 Å². The molecular formula is C22H26N4O4S. The average molecular weight is 443 g/mol. The molecule has 0 saturated carbocycles. The Kier molecular flexibility index (Phi) is 5.97. The Morgan fingerprint density at radius 1 is 1.03 bits per heavy atom. The highest BCUT2D eigenvalue weighted by Gasteiger charge is 2.18. The van der Waals surface area contributed by atoms with E-state index in [-0.39, 0.29) is 35.5 Å². The number of nitrogens with one attached hydrogen (secondary N) is 4. The number of benzene rings is 2. The first-order chi connectivity index (χ1) is 14.8. The summed E-state index contributed by atoms with van der Waals surface area (Å²) in [6.07, 6.45) is 4.14. The third-order valence-electron chi connectivity index (χ3n) is 5.69. The quantitative estimate of drug-likeness (QED) is 0.448. The molecule has 1 aliphatic rings. The van der Waals surface area contributed by atoms with Crippen molar-refractivity contribution in [1.82, 2.24) is 20.0 Å². The van der Waals surface area contributed by atoms with Crippen LogP contribution in [0.5, 0.6) is 0 Å². The van der Waals surface area contributed by atoms with Crippen LogP contribution >= 0.6 is 0 Å². The van der Waals surface area contributed by atoms with Gasteiger partial charge in [-0.3, -0.25) is 4.79 Å². The number of amides is 1. The Bertz CT molecular complexity index is 1280. The minimum absolute atomic E-state index is 0.0160. The maximum absolute atomic E-state index is 12.6. The number of aryl methyl sites for hydroxylation is 2. The number of hydrogen-bond acceptors (Lipinski definition) is 4. The molecule has 8 nitrogen and oxygen atoms in total. The summed E-state index contributed by atoms with van der Waals surface area (Å²) in [6.45, 7) is 1.85. The lowest BCUT2D eigenvalue weighted by Crippen LogP contribution is -2.32. The molecule has 1 unspecified atom stereocenters. The standard InChI is InChI=1S/C22H26N4O4S/c1-14(16-7-9-19-20(13-16)26-22(28)25-19)24-21(27)10-11-23-31(29,30)18-8-6-15-4-2-3-5-17(15)12-18/h6-9,12-14,23H,2-5,10-11H2,1H3,(H,24,27)(H2,25,26,28). The Hall–Kier alpha value is -2.91. The second kappa shape index (κ2) is 8.68. The maximum Gasteiger partial charge on any atom is 0.323 e. The van der Waals surface area contributed by atoms with Gasteiger partial charge in [-0.1, -0.05) is 12.1 Å². The highest BCUT2D eigenvalue weighted by atomic mass is 32.2. The van der Waals surface area contributed by atoms with Gasteiger partial charge in [-0.05, 0) is 73.6 Å². The minimum Gasteiger partial charge on any atom is -0.350 e. The Balaban J connectivity index is 1.32. The fourth-order valence-corrected chi connectivity index (χ4v) is 5.06. The number of sulfonamides is 1. The number of carbonyl (C=O) groups is 1. The lowest BCUT2D eigenvalue weighted by molar-refractivity contribution is -0.121. The molecule has 4 N–H and O–H groups in total. The predicted molar refractivity (Wildman–Crippen MR) is 118 cm³/mol. The zero-order chi connectivity index (χ0) is 22.0. The van der Waals surface area contributed by atoms with Gasteiger partial charge in [0.1, 0.15) is 0 Å². The van der Waals surface area contributed by atoms with Gasteiger partial charge in [0.25, 0.3) is 0 Å². The van der Waals surface area contributed by atoms with Crippen LogP contribution < -0.4 is 15.7 Å². The number of imidazole rings is 1. The van der Waals surface area contributed by atoms with Crippen LogP contribution in [0.4, 0.5) is 0 Å². The molecule has 164 valence electrons. The number of hydrogen-bond donors (Lipinski definition) is 4. The molecule has 0 aliphatic heterocycles. The lowest BCUT2D eigenvalue weighted by atomic mass is 9.92. The molecule has 4 rings (SSSR count). The van der Waals surface area contributed by atoms with Gasteiger partial charge in [0, 0.05) is 13.0 Å². The number of rotatable bonds is 7. The molecule has 31 heavy (non-hydrogen) atoms. The van der Waals surface area contributed by atoms with E-state index in [1.54, 1.807) is 24.3 Å². The summed E-state index contributed by atoms with van der Waals surface area (Å²) in [5, 5.41) is 2.86. The van der Waals surface area contributed by atoms with Crippen LogP contribution in [0.15, 0.2) is 46.1 Å². The van der Waals surface area contributed by atoms with E-state index in [2.05, 4.69) is 20.0 Å². The summed E-state index contributed by atoms with van der Waals surface area (Å²) in [4.78, 5) is 29.3. The molecule has 1 aromatic heterocycles. The van der Waals surface area contributed by atoms with Crippen LogP contribution in [0.2, 0.25) is 0 Å². The molecule has 1 atom stereocenters. The van der Waals surface area contributed by atoms with Gasteiger partial charge < -0.3 is 15.3 Å². The summed E-state index contributed by atoms with van der Waals surface area (Å²) in [5.41, 5.74) is 4.24. The molecule has 1 amide bonds. The number of carbonyl (C=O) groups excluding carboxylic acids is 1.